The fourth-order valence-electron chi connectivity index (χ4n) is 4.43. The number of nitro benzene ring substituents is 2. The number of nitrogens with one attached hydrogen (secondary N) is 3. The van der Waals surface area contributed by atoms with Crippen molar-refractivity contribution in [1.82, 2.24) is 16.0 Å². The number of amides is 3. The van der Waals surface area contributed by atoms with Crippen molar-refractivity contribution in [2.45, 2.75) is 88.8 Å². The van der Waals surface area contributed by atoms with Crippen molar-refractivity contribution in [3.63, 3.8) is 0 Å². The van der Waals surface area contributed by atoms with Gasteiger partial charge in [0, 0.05) is 18.2 Å². The third-order valence-corrected chi connectivity index (χ3v) is 8.42. The summed E-state index contributed by atoms with van der Waals surface area (Å²) in [6.45, 7) is 3.65. The summed E-state index contributed by atoms with van der Waals surface area (Å²) in [4.78, 5) is 85.2. The molecular weight excluding hydrogens is 702 g/mol. The zero-order valence-electron chi connectivity index (χ0n) is 29.2. The SMILES string of the molecule is CCCCCOC(=O)CNC(=O)[C@H](CSc1ccc([N+](=O)[O-])cc1[N+](=O)[O-])NC(=O)CC[C@H](NC(=O)OCc1ccccc1)C(=O)OCCCCC. The molecular formula is C34H45N5O12S. The van der Waals surface area contributed by atoms with Crippen LogP contribution in [0.3, 0.4) is 0 Å². The van der Waals surface area contributed by atoms with Gasteiger partial charge < -0.3 is 30.2 Å². The summed E-state index contributed by atoms with van der Waals surface area (Å²) in [6.07, 6.45) is 3.17. The third kappa shape index (κ3) is 16.6. The zero-order chi connectivity index (χ0) is 38.3. The topological polar surface area (TPSA) is 235 Å². The highest BCUT2D eigenvalue weighted by Crippen LogP contribution is 2.32. The number of esters is 2. The van der Waals surface area contributed by atoms with E-state index in [0.29, 0.717) is 18.4 Å². The van der Waals surface area contributed by atoms with Gasteiger partial charge in [0.1, 0.15) is 25.2 Å². The van der Waals surface area contributed by atoms with E-state index in [1.807, 2.05) is 13.8 Å². The lowest BCUT2D eigenvalue weighted by atomic mass is 10.1. The van der Waals surface area contributed by atoms with E-state index in [-0.39, 0.29) is 43.3 Å². The number of ether oxygens (including phenoxy) is 3. The van der Waals surface area contributed by atoms with Crippen LogP contribution < -0.4 is 16.0 Å². The van der Waals surface area contributed by atoms with Crippen molar-refractivity contribution in [2.75, 3.05) is 25.5 Å². The molecule has 3 N–H and O–H groups in total. The van der Waals surface area contributed by atoms with Crippen LogP contribution >= 0.6 is 11.8 Å². The molecule has 0 saturated carbocycles. The minimum absolute atomic E-state index is 0.0120. The van der Waals surface area contributed by atoms with Gasteiger partial charge in [0.25, 0.3) is 11.4 Å². The number of carbonyl (C=O) groups is 5. The van der Waals surface area contributed by atoms with Crippen LogP contribution in [0, 0.1) is 20.2 Å². The van der Waals surface area contributed by atoms with Gasteiger partial charge in [-0.25, -0.2) is 9.59 Å². The summed E-state index contributed by atoms with van der Waals surface area (Å²) in [5.74, 6) is -3.32. The predicted molar refractivity (Wildman–Crippen MR) is 189 cm³/mol. The standard InChI is InChI=1S/C34H45N5O12S/c1-3-5-10-18-49-31(41)21-35-32(42)27(23-52-29-16-14-25(38(45)46)20-28(29)39(47)48)36-30(40)17-15-26(33(43)50-19-11-6-4-2)37-34(44)51-22-24-12-8-7-9-13-24/h7-9,12-14,16,20,26-27H,3-6,10-11,15,17-19,21-23H2,1-2H3,(H,35,42)(H,36,40)(H,37,44)/t26-,27-/m0/s1. The first-order valence-electron chi connectivity index (χ1n) is 16.9. The van der Waals surface area contributed by atoms with Crippen molar-refractivity contribution < 1.29 is 48.0 Å². The number of benzene rings is 2. The summed E-state index contributed by atoms with van der Waals surface area (Å²) in [7, 11) is 0. The molecule has 0 aliphatic carbocycles. The Hall–Kier alpha value is -5.26. The quantitative estimate of drug-likeness (QED) is 0.0329. The van der Waals surface area contributed by atoms with E-state index in [1.54, 1.807) is 30.3 Å². The summed E-state index contributed by atoms with van der Waals surface area (Å²) < 4.78 is 15.6. The van der Waals surface area contributed by atoms with Crippen LogP contribution in [0.1, 0.15) is 70.8 Å². The van der Waals surface area contributed by atoms with Gasteiger partial charge in [-0.3, -0.25) is 34.6 Å². The van der Waals surface area contributed by atoms with Crippen LogP contribution in [-0.2, 0) is 40.0 Å². The normalized spacial score (nSPS) is 11.7. The van der Waals surface area contributed by atoms with Gasteiger partial charge in [-0.1, -0.05) is 69.9 Å². The number of carbonyl (C=O) groups excluding carboxylic acids is 5. The fraction of sp³-hybridized carbons (Fsp3) is 0.500. The van der Waals surface area contributed by atoms with Crippen LogP contribution in [0.5, 0.6) is 0 Å². The Labute approximate surface area is 305 Å². The number of alkyl carbamates (subject to hydrolysis) is 1. The molecule has 2 atom stereocenters. The second-order valence-electron chi connectivity index (χ2n) is 11.4. The first-order chi connectivity index (χ1) is 24.9. The molecule has 2 aromatic rings. The second kappa shape index (κ2) is 24.0. The lowest BCUT2D eigenvalue weighted by Crippen LogP contribution is -2.50. The first-order valence-corrected chi connectivity index (χ1v) is 17.9. The number of non-ortho nitro benzene ring substituents is 1. The van der Waals surface area contributed by atoms with Crippen molar-refractivity contribution >= 4 is 53.0 Å². The Morgan fingerprint density at radius 3 is 2.12 bits per heavy atom. The second-order valence-corrected chi connectivity index (χ2v) is 12.5. The number of rotatable bonds is 24. The summed E-state index contributed by atoms with van der Waals surface area (Å²) in [5.41, 5.74) is -0.375. The smallest absolute Gasteiger partial charge is 0.408 e. The molecule has 17 nitrogen and oxygen atoms in total. The lowest BCUT2D eigenvalue weighted by molar-refractivity contribution is -0.396. The molecule has 2 rings (SSSR count). The largest absolute Gasteiger partial charge is 0.464 e. The number of nitro groups is 2. The highest BCUT2D eigenvalue weighted by Gasteiger charge is 2.28. The molecule has 0 fully saturated rings. The third-order valence-electron chi connectivity index (χ3n) is 7.27. The fourth-order valence-corrected chi connectivity index (χ4v) is 5.46. The monoisotopic (exact) mass is 747 g/mol. The van der Waals surface area contributed by atoms with Gasteiger partial charge in [-0.2, -0.15) is 0 Å². The van der Waals surface area contributed by atoms with E-state index in [0.717, 1.165) is 55.6 Å². The molecule has 52 heavy (non-hydrogen) atoms. The number of hydrogen-bond acceptors (Lipinski definition) is 13. The maximum Gasteiger partial charge on any atom is 0.408 e. The summed E-state index contributed by atoms with van der Waals surface area (Å²) in [5, 5.41) is 30.1. The van der Waals surface area contributed by atoms with Crippen LogP contribution in [0.15, 0.2) is 53.4 Å². The molecule has 3 amide bonds. The average Bonchev–Trinajstić information content (AvgIpc) is 3.13. The summed E-state index contributed by atoms with van der Waals surface area (Å²) in [6, 6.07) is 9.21. The molecule has 0 aromatic heterocycles. The molecule has 0 saturated heterocycles. The van der Waals surface area contributed by atoms with E-state index in [4.69, 9.17) is 14.2 Å². The Balaban J connectivity index is 2.15. The van der Waals surface area contributed by atoms with E-state index >= 15 is 0 Å². The minimum Gasteiger partial charge on any atom is -0.464 e. The Morgan fingerprint density at radius 2 is 1.48 bits per heavy atom. The molecule has 0 unspecified atom stereocenters. The molecule has 0 aliphatic rings. The van der Waals surface area contributed by atoms with Crippen molar-refractivity contribution in [3.8, 4) is 0 Å². The van der Waals surface area contributed by atoms with Gasteiger partial charge >= 0.3 is 18.0 Å². The van der Waals surface area contributed by atoms with Crippen LogP contribution in [0.2, 0.25) is 0 Å². The van der Waals surface area contributed by atoms with E-state index in [9.17, 15) is 44.2 Å². The minimum atomic E-state index is -1.36. The zero-order valence-corrected chi connectivity index (χ0v) is 30.0. The molecule has 0 aliphatic heterocycles. The van der Waals surface area contributed by atoms with E-state index in [1.165, 1.54) is 0 Å². The van der Waals surface area contributed by atoms with Gasteiger partial charge in [0.15, 0.2) is 0 Å². The first kappa shape index (κ1) is 42.9. The van der Waals surface area contributed by atoms with Crippen LogP contribution in [-0.4, -0.2) is 77.3 Å². The highest BCUT2D eigenvalue weighted by molar-refractivity contribution is 7.99. The maximum atomic E-state index is 13.2. The average molecular weight is 748 g/mol. The Morgan fingerprint density at radius 1 is 0.808 bits per heavy atom. The van der Waals surface area contributed by atoms with Crippen molar-refractivity contribution in [2.24, 2.45) is 0 Å². The molecule has 0 bridgehead atoms. The number of unbranched alkanes of at least 4 members (excludes halogenated alkanes) is 4. The Kier molecular flexibility index (Phi) is 19.8. The maximum absolute atomic E-state index is 13.2. The number of thioether (sulfide) groups is 1. The Bertz CT molecular complexity index is 1510. The van der Waals surface area contributed by atoms with Gasteiger partial charge in [-0.15, -0.1) is 11.8 Å². The number of hydrogen-bond donors (Lipinski definition) is 3. The van der Waals surface area contributed by atoms with Crippen LogP contribution in [0.25, 0.3) is 0 Å². The lowest BCUT2D eigenvalue weighted by Gasteiger charge is -2.20. The molecule has 18 heteroatoms. The van der Waals surface area contributed by atoms with Crippen LogP contribution in [0.4, 0.5) is 16.2 Å². The highest BCUT2D eigenvalue weighted by atomic mass is 32.2. The predicted octanol–water partition coefficient (Wildman–Crippen LogP) is 4.74. The van der Waals surface area contributed by atoms with E-state index in [2.05, 4.69) is 16.0 Å². The molecule has 0 radical (unpaired) electrons. The van der Waals surface area contributed by atoms with Gasteiger partial charge in [0.2, 0.25) is 11.8 Å². The van der Waals surface area contributed by atoms with Gasteiger partial charge in [-0.05, 0) is 30.9 Å². The van der Waals surface area contributed by atoms with Crippen molar-refractivity contribution in [3.05, 3.63) is 74.3 Å². The number of nitrogens with zero attached hydrogens (tertiary/aromatic N) is 2. The molecule has 2 aromatic carbocycles. The van der Waals surface area contributed by atoms with Crippen molar-refractivity contribution in [1.29, 1.82) is 0 Å². The summed E-state index contributed by atoms with van der Waals surface area (Å²) >= 11 is 0.778. The molecule has 284 valence electrons. The molecule has 0 heterocycles. The molecule has 0 spiro atoms. The van der Waals surface area contributed by atoms with E-state index < -0.39 is 69.7 Å². The van der Waals surface area contributed by atoms with Gasteiger partial charge in [0.05, 0.1) is 34.0 Å².